The first-order valence-corrected chi connectivity index (χ1v) is 8.98. The normalized spacial score (nSPS) is 11.1. The Morgan fingerprint density at radius 3 is 2.48 bits per heavy atom. The third kappa shape index (κ3) is 6.30. The predicted octanol–water partition coefficient (Wildman–Crippen LogP) is 3.66. The zero-order valence-electron chi connectivity index (χ0n) is 14.2. The van der Waals surface area contributed by atoms with Gasteiger partial charge in [0.25, 0.3) is 0 Å². The highest BCUT2D eigenvalue weighted by molar-refractivity contribution is 14.1. The molecule has 0 spiro atoms. The molecule has 0 radical (unpaired) electrons. The number of hydrogen-bond donors (Lipinski definition) is 2. The van der Waals surface area contributed by atoms with Crippen molar-refractivity contribution in [3.63, 3.8) is 0 Å². The van der Waals surface area contributed by atoms with E-state index in [-0.39, 0.29) is 0 Å². The Balaban J connectivity index is 1.84. The number of carbonyl (C=O) groups is 2. The van der Waals surface area contributed by atoms with E-state index in [1.54, 1.807) is 6.07 Å². The first kappa shape index (κ1) is 19.1. The van der Waals surface area contributed by atoms with Crippen LogP contribution < -0.4 is 10.7 Å². The van der Waals surface area contributed by atoms with Crippen molar-refractivity contribution in [2.24, 2.45) is 5.10 Å². The molecule has 0 aliphatic carbocycles. The number of hydrazone groups is 1. The first-order chi connectivity index (χ1) is 12.0. The molecule has 2 rings (SSSR count). The molecule has 0 aromatic heterocycles. The molecule has 2 amide bonds. The van der Waals surface area contributed by atoms with E-state index in [1.165, 1.54) is 5.56 Å². The Morgan fingerprint density at radius 2 is 1.80 bits per heavy atom. The molecule has 0 saturated carbocycles. The molecule has 2 aromatic carbocycles. The molecule has 0 unspecified atom stereocenters. The molecule has 2 aromatic rings. The minimum Gasteiger partial charge on any atom is -0.317 e. The molecule has 0 heterocycles. The predicted molar refractivity (Wildman–Crippen MR) is 109 cm³/mol. The molecular weight excluding hydrogens is 429 g/mol. The van der Waals surface area contributed by atoms with Crippen LogP contribution in [0.4, 0.5) is 5.69 Å². The number of rotatable bonds is 5. The third-order valence-electron chi connectivity index (χ3n) is 3.61. The van der Waals surface area contributed by atoms with Crippen molar-refractivity contribution >= 4 is 45.8 Å². The summed E-state index contributed by atoms with van der Waals surface area (Å²) in [5.74, 6) is -1.51. The van der Waals surface area contributed by atoms with Gasteiger partial charge in [-0.3, -0.25) is 9.59 Å². The van der Waals surface area contributed by atoms with Gasteiger partial charge in [-0.05, 0) is 78.6 Å². The van der Waals surface area contributed by atoms with E-state index in [0.717, 1.165) is 21.3 Å². The molecule has 0 saturated heterocycles. The molecule has 0 aliphatic rings. The number of carbonyl (C=O) groups excluding carboxylic acids is 2. The summed E-state index contributed by atoms with van der Waals surface area (Å²) < 4.78 is 1.07. The van der Waals surface area contributed by atoms with E-state index in [9.17, 15) is 9.59 Å². The fourth-order valence-corrected chi connectivity index (χ4v) is 2.82. The number of anilines is 1. The largest absolute Gasteiger partial charge is 0.329 e. The van der Waals surface area contributed by atoms with Crippen LogP contribution in [0.1, 0.15) is 24.5 Å². The van der Waals surface area contributed by atoms with Crippen molar-refractivity contribution in [1.29, 1.82) is 0 Å². The Hall–Kier alpha value is -2.22. The van der Waals surface area contributed by atoms with E-state index in [0.29, 0.717) is 12.1 Å². The minimum absolute atomic E-state index is 0.616. The second-order valence-corrected chi connectivity index (χ2v) is 6.93. The number of hydrogen-bond acceptors (Lipinski definition) is 3. The summed E-state index contributed by atoms with van der Waals surface area (Å²) in [5.41, 5.74) is 5.78. The van der Waals surface area contributed by atoms with E-state index in [2.05, 4.69) is 38.4 Å². The summed E-state index contributed by atoms with van der Waals surface area (Å²) >= 11 is 2.19. The molecule has 25 heavy (non-hydrogen) atoms. The average molecular weight is 449 g/mol. The molecule has 2 N–H and O–H groups in total. The fourth-order valence-electron chi connectivity index (χ4n) is 2.17. The molecule has 130 valence electrons. The molecule has 0 fully saturated rings. The van der Waals surface area contributed by atoms with Crippen molar-refractivity contribution in [3.05, 3.63) is 63.2 Å². The molecule has 0 aliphatic heterocycles. The molecule has 6 heteroatoms. The van der Waals surface area contributed by atoms with Crippen LogP contribution >= 0.6 is 22.6 Å². The van der Waals surface area contributed by atoms with Crippen molar-refractivity contribution in [1.82, 2.24) is 5.43 Å². The molecular formula is C19H20IN3O2. The highest BCUT2D eigenvalue weighted by Crippen LogP contribution is 2.17. The van der Waals surface area contributed by atoms with Crippen molar-refractivity contribution in [2.75, 3.05) is 5.32 Å². The number of nitrogens with one attached hydrogen (secondary N) is 2. The zero-order chi connectivity index (χ0) is 18.2. The van der Waals surface area contributed by atoms with E-state index >= 15 is 0 Å². The lowest BCUT2D eigenvalue weighted by molar-refractivity contribution is -0.136. The SMILES string of the molecule is CC(CCc1ccccc1)=NNC(=O)C(=O)Nc1ccc(I)cc1C. The summed E-state index contributed by atoms with van der Waals surface area (Å²) in [6, 6.07) is 15.6. The van der Waals surface area contributed by atoms with Gasteiger partial charge in [0.15, 0.2) is 0 Å². The van der Waals surface area contributed by atoms with Gasteiger partial charge in [-0.1, -0.05) is 30.3 Å². The summed E-state index contributed by atoms with van der Waals surface area (Å²) in [4.78, 5) is 23.8. The van der Waals surface area contributed by atoms with Crippen LogP contribution in [0.25, 0.3) is 0 Å². The van der Waals surface area contributed by atoms with Crippen LogP contribution in [-0.2, 0) is 16.0 Å². The van der Waals surface area contributed by atoms with Gasteiger partial charge in [0.2, 0.25) is 0 Å². The number of nitrogens with zero attached hydrogens (tertiary/aromatic N) is 1. The van der Waals surface area contributed by atoms with E-state index in [1.807, 2.05) is 56.3 Å². The fraction of sp³-hybridized carbons (Fsp3) is 0.211. The van der Waals surface area contributed by atoms with Gasteiger partial charge in [0, 0.05) is 15.0 Å². The van der Waals surface area contributed by atoms with Crippen LogP contribution in [0, 0.1) is 10.5 Å². The van der Waals surface area contributed by atoms with Crippen LogP contribution in [-0.4, -0.2) is 17.5 Å². The highest BCUT2D eigenvalue weighted by Gasteiger charge is 2.14. The zero-order valence-corrected chi connectivity index (χ0v) is 16.3. The molecule has 0 bridgehead atoms. The van der Waals surface area contributed by atoms with Gasteiger partial charge < -0.3 is 5.32 Å². The van der Waals surface area contributed by atoms with Crippen LogP contribution in [0.15, 0.2) is 53.6 Å². The lowest BCUT2D eigenvalue weighted by Gasteiger charge is -2.08. The van der Waals surface area contributed by atoms with Crippen LogP contribution in [0.3, 0.4) is 0 Å². The smallest absolute Gasteiger partial charge is 0.317 e. The van der Waals surface area contributed by atoms with E-state index < -0.39 is 11.8 Å². The Labute approximate surface area is 161 Å². The first-order valence-electron chi connectivity index (χ1n) is 7.90. The summed E-state index contributed by atoms with van der Waals surface area (Å²) in [6.45, 7) is 3.70. The second-order valence-electron chi connectivity index (χ2n) is 5.69. The average Bonchev–Trinajstić information content (AvgIpc) is 2.61. The maximum Gasteiger partial charge on any atom is 0.329 e. The van der Waals surface area contributed by atoms with Crippen molar-refractivity contribution in [2.45, 2.75) is 26.7 Å². The quantitative estimate of drug-likeness (QED) is 0.317. The second kappa shape index (κ2) is 9.31. The van der Waals surface area contributed by atoms with Gasteiger partial charge in [-0.2, -0.15) is 5.10 Å². The number of amides is 2. The number of halogens is 1. The van der Waals surface area contributed by atoms with Gasteiger partial charge in [-0.25, -0.2) is 5.43 Å². The summed E-state index contributed by atoms with van der Waals surface area (Å²) in [7, 11) is 0. The van der Waals surface area contributed by atoms with Crippen LogP contribution in [0.5, 0.6) is 0 Å². The Morgan fingerprint density at radius 1 is 1.08 bits per heavy atom. The van der Waals surface area contributed by atoms with Gasteiger partial charge >= 0.3 is 11.8 Å². The van der Waals surface area contributed by atoms with Gasteiger partial charge in [0.1, 0.15) is 0 Å². The standard InChI is InChI=1S/C19H20IN3O2/c1-13-12-16(20)10-11-17(13)21-18(24)19(25)23-22-14(2)8-9-15-6-4-3-5-7-15/h3-7,10-12H,8-9H2,1-2H3,(H,21,24)(H,23,25). The lowest BCUT2D eigenvalue weighted by atomic mass is 10.1. The lowest BCUT2D eigenvalue weighted by Crippen LogP contribution is -2.33. The Kier molecular flexibility index (Phi) is 7.12. The van der Waals surface area contributed by atoms with Crippen molar-refractivity contribution < 1.29 is 9.59 Å². The maximum absolute atomic E-state index is 11.9. The summed E-state index contributed by atoms with van der Waals surface area (Å²) in [5, 5.41) is 6.59. The number of benzene rings is 2. The number of aryl methyl sites for hydroxylation is 2. The minimum atomic E-state index is -0.781. The summed E-state index contributed by atoms with van der Waals surface area (Å²) in [6.07, 6.45) is 1.54. The monoisotopic (exact) mass is 449 g/mol. The Bertz CT molecular complexity index is 789. The molecule has 0 atom stereocenters. The van der Waals surface area contributed by atoms with Crippen molar-refractivity contribution in [3.8, 4) is 0 Å². The van der Waals surface area contributed by atoms with E-state index in [4.69, 9.17) is 0 Å². The molecule has 5 nitrogen and oxygen atoms in total. The van der Waals surface area contributed by atoms with Gasteiger partial charge in [-0.15, -0.1) is 0 Å². The maximum atomic E-state index is 11.9. The highest BCUT2D eigenvalue weighted by atomic mass is 127. The van der Waals surface area contributed by atoms with Crippen LogP contribution in [0.2, 0.25) is 0 Å². The van der Waals surface area contributed by atoms with Gasteiger partial charge in [0.05, 0.1) is 0 Å². The topological polar surface area (TPSA) is 70.6 Å². The third-order valence-corrected chi connectivity index (χ3v) is 4.28.